The van der Waals surface area contributed by atoms with Gasteiger partial charge in [0.1, 0.15) is 16.5 Å². The number of sulfonamides is 1. The van der Waals surface area contributed by atoms with Crippen LogP contribution in [-0.4, -0.2) is 38.6 Å². The molecule has 0 saturated carbocycles. The second kappa shape index (κ2) is 7.45. The zero-order valence-corrected chi connectivity index (χ0v) is 15.5. The molecule has 2 heterocycles. The van der Waals surface area contributed by atoms with Gasteiger partial charge in [0.15, 0.2) is 0 Å². The average molecular weight is 380 g/mol. The number of rotatable bonds is 5. The van der Waals surface area contributed by atoms with Gasteiger partial charge in [-0.15, -0.1) is 0 Å². The number of hydrogen-bond acceptors (Lipinski definition) is 6. The Morgan fingerprint density at radius 2 is 1.88 bits per heavy atom. The molecule has 1 N–H and O–H groups in total. The first-order chi connectivity index (χ1) is 12.4. The number of halogens is 1. The highest BCUT2D eigenvalue weighted by Gasteiger charge is 2.22. The number of nitrogens with one attached hydrogen (secondary N) is 1. The van der Waals surface area contributed by atoms with Crippen molar-refractivity contribution in [1.29, 1.82) is 0 Å². The number of ether oxygens (including phenoxy) is 1. The summed E-state index contributed by atoms with van der Waals surface area (Å²) in [7, 11) is -2.71. The van der Waals surface area contributed by atoms with Crippen LogP contribution in [0.5, 0.6) is 5.75 Å². The van der Waals surface area contributed by atoms with E-state index in [-0.39, 0.29) is 16.3 Å². The summed E-state index contributed by atoms with van der Waals surface area (Å²) in [6.07, 6.45) is 4.97. The quantitative estimate of drug-likeness (QED) is 0.858. The summed E-state index contributed by atoms with van der Waals surface area (Å²) in [5.41, 5.74) is 0.199. The van der Waals surface area contributed by atoms with Crippen molar-refractivity contribution in [3.8, 4) is 5.75 Å². The fraction of sp³-hybridized carbons (Fsp3) is 0.412. The lowest BCUT2D eigenvalue weighted by Crippen LogP contribution is -2.34. The van der Waals surface area contributed by atoms with Crippen LogP contribution in [0.3, 0.4) is 0 Å². The van der Waals surface area contributed by atoms with E-state index in [4.69, 9.17) is 4.74 Å². The Morgan fingerprint density at radius 3 is 2.50 bits per heavy atom. The van der Waals surface area contributed by atoms with E-state index < -0.39 is 15.8 Å². The smallest absolute Gasteiger partial charge is 0.265 e. The summed E-state index contributed by atoms with van der Waals surface area (Å²) in [5.74, 6) is 0.651. The number of piperidine rings is 1. The van der Waals surface area contributed by atoms with E-state index in [0.29, 0.717) is 11.9 Å². The Kier molecular flexibility index (Phi) is 5.26. The van der Waals surface area contributed by atoms with Crippen molar-refractivity contribution in [1.82, 2.24) is 9.97 Å². The number of benzene rings is 1. The molecule has 1 aromatic carbocycles. The molecular formula is C17H21FN4O3S. The third-order valence-electron chi connectivity index (χ3n) is 4.37. The number of hydrogen-bond donors (Lipinski definition) is 1. The topological polar surface area (TPSA) is 84.4 Å². The molecule has 0 unspecified atom stereocenters. The van der Waals surface area contributed by atoms with Crippen LogP contribution in [-0.2, 0) is 10.0 Å². The van der Waals surface area contributed by atoms with Crippen LogP contribution in [0.15, 0.2) is 35.5 Å². The van der Waals surface area contributed by atoms with Crippen molar-refractivity contribution in [2.24, 2.45) is 5.92 Å². The highest BCUT2D eigenvalue weighted by molar-refractivity contribution is 7.92. The van der Waals surface area contributed by atoms with Gasteiger partial charge in [-0.05, 0) is 37.0 Å². The minimum atomic E-state index is -4.03. The summed E-state index contributed by atoms with van der Waals surface area (Å²) in [6, 6.07) is 3.31. The van der Waals surface area contributed by atoms with E-state index in [2.05, 4.69) is 26.5 Å². The van der Waals surface area contributed by atoms with Crippen LogP contribution < -0.4 is 14.4 Å². The fourth-order valence-electron chi connectivity index (χ4n) is 2.82. The maximum Gasteiger partial charge on any atom is 0.265 e. The summed E-state index contributed by atoms with van der Waals surface area (Å²) < 4.78 is 45.9. The van der Waals surface area contributed by atoms with Crippen LogP contribution >= 0.6 is 0 Å². The Balaban J connectivity index is 1.77. The van der Waals surface area contributed by atoms with Gasteiger partial charge in [0.25, 0.3) is 10.0 Å². The van der Waals surface area contributed by atoms with Gasteiger partial charge in [-0.3, -0.25) is 4.72 Å². The molecule has 140 valence electrons. The van der Waals surface area contributed by atoms with E-state index >= 15 is 0 Å². The van der Waals surface area contributed by atoms with E-state index in [1.54, 1.807) is 0 Å². The molecule has 1 aromatic heterocycles. The molecule has 0 radical (unpaired) electrons. The van der Waals surface area contributed by atoms with Crippen LogP contribution in [0.2, 0.25) is 0 Å². The summed E-state index contributed by atoms with van der Waals surface area (Å²) in [5, 5.41) is 0. The molecule has 26 heavy (non-hydrogen) atoms. The molecule has 3 rings (SSSR count). The molecular weight excluding hydrogens is 359 g/mol. The first-order valence-electron chi connectivity index (χ1n) is 8.32. The second-order valence-corrected chi connectivity index (χ2v) is 7.99. The van der Waals surface area contributed by atoms with Crippen molar-refractivity contribution in [3.63, 3.8) is 0 Å². The van der Waals surface area contributed by atoms with Crippen molar-refractivity contribution in [2.75, 3.05) is 29.8 Å². The summed E-state index contributed by atoms with van der Waals surface area (Å²) >= 11 is 0. The van der Waals surface area contributed by atoms with Crippen LogP contribution in [0.1, 0.15) is 19.8 Å². The largest absolute Gasteiger partial charge is 0.495 e. The van der Waals surface area contributed by atoms with Crippen molar-refractivity contribution < 1.29 is 17.5 Å². The van der Waals surface area contributed by atoms with Crippen molar-refractivity contribution >= 4 is 21.7 Å². The number of nitrogens with zero attached hydrogens (tertiary/aromatic N) is 3. The molecule has 0 bridgehead atoms. The second-order valence-electron chi connectivity index (χ2n) is 6.34. The lowest BCUT2D eigenvalue weighted by molar-refractivity contribution is 0.401. The molecule has 1 saturated heterocycles. The number of aromatic nitrogens is 2. The maximum absolute atomic E-state index is 13.5. The Bertz CT molecular complexity index is 866. The fourth-order valence-corrected chi connectivity index (χ4v) is 4.03. The minimum absolute atomic E-state index is 0.0545. The van der Waals surface area contributed by atoms with Gasteiger partial charge in [0.05, 0.1) is 25.2 Å². The maximum atomic E-state index is 13.5. The average Bonchev–Trinajstić information content (AvgIpc) is 2.63. The van der Waals surface area contributed by atoms with Gasteiger partial charge in [0.2, 0.25) is 5.95 Å². The molecule has 9 heteroatoms. The standard InChI is InChI=1S/C17H21FN4O3S/c1-12-5-7-22(8-6-12)17-19-10-14(11-20-17)21-26(23,24)16-9-13(18)3-4-15(16)25-2/h3-4,9-12,21H,5-8H2,1-2H3. The highest BCUT2D eigenvalue weighted by atomic mass is 32.2. The minimum Gasteiger partial charge on any atom is -0.495 e. The number of anilines is 2. The molecule has 1 aliphatic heterocycles. The summed E-state index contributed by atoms with van der Waals surface area (Å²) in [4.78, 5) is 10.3. The zero-order valence-electron chi connectivity index (χ0n) is 14.6. The predicted molar refractivity (Wildman–Crippen MR) is 96.4 cm³/mol. The van der Waals surface area contributed by atoms with Gasteiger partial charge in [0, 0.05) is 13.1 Å². The first kappa shape index (κ1) is 18.4. The van der Waals surface area contributed by atoms with Crippen LogP contribution in [0, 0.1) is 11.7 Å². The van der Waals surface area contributed by atoms with Crippen molar-refractivity contribution in [2.45, 2.75) is 24.7 Å². The number of methoxy groups -OCH3 is 1. The molecule has 0 spiro atoms. The summed E-state index contributed by atoms with van der Waals surface area (Å²) in [6.45, 7) is 3.98. The Hall–Kier alpha value is -2.42. The van der Waals surface area contributed by atoms with Gasteiger partial charge >= 0.3 is 0 Å². The highest BCUT2D eigenvalue weighted by Crippen LogP contribution is 2.27. The van der Waals surface area contributed by atoms with E-state index in [1.165, 1.54) is 25.6 Å². The van der Waals surface area contributed by atoms with Crippen LogP contribution in [0.4, 0.5) is 16.0 Å². The molecule has 0 amide bonds. The van der Waals surface area contributed by atoms with Crippen molar-refractivity contribution in [3.05, 3.63) is 36.4 Å². The lowest BCUT2D eigenvalue weighted by Gasteiger charge is -2.30. The van der Waals surface area contributed by atoms with Gasteiger partial charge in [-0.25, -0.2) is 22.8 Å². The lowest BCUT2D eigenvalue weighted by atomic mass is 10.00. The van der Waals surface area contributed by atoms with E-state index in [0.717, 1.165) is 38.1 Å². The molecule has 0 atom stereocenters. The predicted octanol–water partition coefficient (Wildman–Crippen LogP) is 2.66. The first-order valence-corrected chi connectivity index (χ1v) is 9.81. The Morgan fingerprint density at radius 1 is 1.23 bits per heavy atom. The molecule has 2 aromatic rings. The Labute approximate surface area is 152 Å². The molecule has 0 aliphatic carbocycles. The van der Waals surface area contributed by atoms with Gasteiger partial charge < -0.3 is 9.64 Å². The third-order valence-corrected chi connectivity index (χ3v) is 5.77. The normalized spacial score (nSPS) is 15.7. The SMILES string of the molecule is COc1ccc(F)cc1S(=O)(=O)Nc1cnc(N2CCC(C)CC2)nc1. The van der Waals surface area contributed by atoms with Gasteiger partial charge in [-0.2, -0.15) is 0 Å². The van der Waals surface area contributed by atoms with E-state index in [1.807, 2.05) is 0 Å². The molecule has 7 nitrogen and oxygen atoms in total. The molecule has 1 aliphatic rings. The van der Waals surface area contributed by atoms with Gasteiger partial charge in [-0.1, -0.05) is 6.92 Å². The third kappa shape index (κ3) is 4.04. The zero-order chi connectivity index (χ0) is 18.7. The van der Waals surface area contributed by atoms with Crippen LogP contribution in [0.25, 0.3) is 0 Å². The van der Waals surface area contributed by atoms with E-state index in [9.17, 15) is 12.8 Å². The molecule has 1 fully saturated rings. The monoisotopic (exact) mass is 380 g/mol.